The van der Waals surface area contributed by atoms with Crippen molar-refractivity contribution in [3.05, 3.63) is 12.2 Å². The minimum atomic E-state index is 0.144. The summed E-state index contributed by atoms with van der Waals surface area (Å²) >= 11 is 7.55. The van der Waals surface area contributed by atoms with Crippen LogP contribution >= 0.6 is 47.0 Å². The highest BCUT2D eigenvalue weighted by Gasteiger charge is 2.14. The van der Waals surface area contributed by atoms with E-state index in [0.29, 0.717) is 5.57 Å². The van der Waals surface area contributed by atoms with Crippen LogP contribution < -0.4 is 0 Å². The molecule has 0 N–H and O–H groups in total. The maximum atomic E-state index is 11.3. The lowest BCUT2D eigenvalue weighted by Gasteiger charge is -2.06. The largest absolute Gasteiger partial charge is 0.282 e. The summed E-state index contributed by atoms with van der Waals surface area (Å²) in [6, 6.07) is 0. The van der Waals surface area contributed by atoms with Crippen molar-refractivity contribution in [1.29, 1.82) is 0 Å². The van der Waals surface area contributed by atoms with Gasteiger partial charge in [-0.15, -0.1) is 23.5 Å². The first-order chi connectivity index (χ1) is 8.20. The summed E-state index contributed by atoms with van der Waals surface area (Å²) in [7, 11) is 0. The first kappa shape index (κ1) is 15.9. The van der Waals surface area contributed by atoms with Crippen LogP contribution in [0.5, 0.6) is 0 Å². The predicted molar refractivity (Wildman–Crippen MR) is 87.5 cm³/mol. The predicted octanol–water partition coefficient (Wildman–Crippen LogP) is 4.14. The number of carbonyl (C=O) groups is 1. The zero-order valence-corrected chi connectivity index (χ0v) is 13.5. The van der Waals surface area contributed by atoms with E-state index in [1.165, 1.54) is 41.2 Å². The second-order valence-corrected chi connectivity index (χ2v) is 8.93. The Morgan fingerprint density at radius 1 is 1.41 bits per heavy atom. The normalized spacial score (nSPS) is 19.5. The molecule has 0 radical (unpaired) electrons. The zero-order chi connectivity index (χ0) is 12.5. The first-order valence-electron chi connectivity index (χ1n) is 5.80. The summed E-state index contributed by atoms with van der Waals surface area (Å²) in [5, 5.41) is 2.34. The lowest BCUT2D eigenvalue weighted by Crippen LogP contribution is -2.01. The average Bonchev–Trinajstić information content (AvgIpc) is 2.80. The minimum Gasteiger partial charge on any atom is -0.282 e. The zero-order valence-electron chi connectivity index (χ0n) is 10.3. The molecule has 1 nitrogen and oxygen atoms in total. The molecule has 1 aliphatic rings. The van der Waals surface area contributed by atoms with Crippen LogP contribution in [0.25, 0.3) is 0 Å². The Kier molecular flexibility index (Phi) is 9.06. The van der Waals surface area contributed by atoms with Crippen LogP contribution in [0.1, 0.15) is 19.8 Å². The number of hydrogen-bond acceptors (Lipinski definition) is 5. The lowest BCUT2D eigenvalue weighted by molar-refractivity contribution is -0.107. The number of carbonyl (C=O) groups excluding carboxylic acids is 1. The topological polar surface area (TPSA) is 17.1 Å². The van der Waals surface area contributed by atoms with Crippen LogP contribution in [0.4, 0.5) is 0 Å². The maximum absolute atomic E-state index is 11.3. The van der Waals surface area contributed by atoms with Gasteiger partial charge in [0.2, 0.25) is 5.12 Å². The van der Waals surface area contributed by atoms with Gasteiger partial charge in [-0.2, -0.15) is 11.8 Å². The third-order valence-electron chi connectivity index (χ3n) is 2.31. The van der Waals surface area contributed by atoms with Gasteiger partial charge in [0, 0.05) is 27.6 Å². The van der Waals surface area contributed by atoms with Crippen LogP contribution in [0.3, 0.4) is 0 Å². The number of rotatable bonds is 8. The Bertz CT molecular complexity index is 249. The molecular formula is C12H20OS4. The highest BCUT2D eigenvalue weighted by molar-refractivity contribution is 8.19. The summed E-state index contributed by atoms with van der Waals surface area (Å²) in [5.74, 6) is 4.59. The molecule has 0 saturated carbocycles. The Balaban J connectivity index is 1.84. The molecule has 0 aromatic heterocycles. The van der Waals surface area contributed by atoms with E-state index >= 15 is 0 Å². The fraction of sp³-hybridized carbons (Fsp3) is 0.750. The molecule has 0 aromatic rings. The van der Waals surface area contributed by atoms with Gasteiger partial charge in [-0.3, -0.25) is 4.79 Å². The van der Waals surface area contributed by atoms with Crippen molar-refractivity contribution < 1.29 is 4.79 Å². The smallest absolute Gasteiger partial charge is 0.214 e. The van der Waals surface area contributed by atoms with Gasteiger partial charge in [0.05, 0.1) is 0 Å². The van der Waals surface area contributed by atoms with Crippen molar-refractivity contribution in [2.45, 2.75) is 25.0 Å². The highest BCUT2D eigenvalue weighted by atomic mass is 32.2. The van der Waals surface area contributed by atoms with Gasteiger partial charge in [-0.05, 0) is 31.1 Å². The summed E-state index contributed by atoms with van der Waals surface area (Å²) in [4.78, 5) is 11.3. The van der Waals surface area contributed by atoms with Crippen LogP contribution in [0.2, 0.25) is 0 Å². The lowest BCUT2D eigenvalue weighted by atomic mass is 10.3. The molecular weight excluding hydrogens is 288 g/mol. The summed E-state index contributed by atoms with van der Waals surface area (Å²) < 4.78 is 0. The van der Waals surface area contributed by atoms with E-state index in [9.17, 15) is 4.79 Å². The molecule has 98 valence electrons. The molecule has 0 aliphatic carbocycles. The molecule has 1 unspecified atom stereocenters. The van der Waals surface area contributed by atoms with Gasteiger partial charge in [0.25, 0.3) is 0 Å². The van der Waals surface area contributed by atoms with Crippen molar-refractivity contribution in [2.24, 2.45) is 0 Å². The van der Waals surface area contributed by atoms with Gasteiger partial charge < -0.3 is 0 Å². The highest BCUT2D eigenvalue weighted by Crippen LogP contribution is 2.32. The van der Waals surface area contributed by atoms with E-state index in [1.807, 2.05) is 11.8 Å². The van der Waals surface area contributed by atoms with E-state index in [-0.39, 0.29) is 5.12 Å². The standard InChI is InChI=1S/C12H20OS4/c1-10(2)12(13)16-7-6-14-5-3-4-11-8-15-9-17-11/h11H,1,3-9H2,2H3. The second kappa shape index (κ2) is 9.70. The molecule has 0 spiro atoms. The van der Waals surface area contributed by atoms with Gasteiger partial charge in [-0.25, -0.2) is 0 Å². The quantitative estimate of drug-likeness (QED) is 0.493. The van der Waals surface area contributed by atoms with Crippen LogP contribution in [0, 0.1) is 0 Å². The monoisotopic (exact) mass is 308 g/mol. The van der Waals surface area contributed by atoms with Crippen molar-refractivity contribution in [1.82, 2.24) is 0 Å². The molecule has 0 aromatic carbocycles. The molecule has 1 aliphatic heterocycles. The Morgan fingerprint density at radius 3 is 2.88 bits per heavy atom. The average molecular weight is 309 g/mol. The summed E-state index contributed by atoms with van der Waals surface area (Å²) in [5.41, 5.74) is 0.663. The molecule has 5 heteroatoms. The van der Waals surface area contributed by atoms with E-state index < -0.39 is 0 Å². The van der Waals surface area contributed by atoms with E-state index in [1.54, 1.807) is 6.92 Å². The molecule has 1 saturated heterocycles. The second-order valence-electron chi connectivity index (χ2n) is 3.95. The molecule has 1 fully saturated rings. The van der Waals surface area contributed by atoms with Crippen LogP contribution in [0.15, 0.2) is 12.2 Å². The van der Waals surface area contributed by atoms with Crippen LogP contribution in [-0.4, -0.2) is 38.5 Å². The van der Waals surface area contributed by atoms with Gasteiger partial charge in [0.15, 0.2) is 0 Å². The van der Waals surface area contributed by atoms with E-state index in [4.69, 9.17) is 0 Å². The number of hydrogen-bond donors (Lipinski definition) is 0. The Labute approximate surface area is 122 Å². The summed E-state index contributed by atoms with van der Waals surface area (Å²) in [6.45, 7) is 5.42. The van der Waals surface area contributed by atoms with Crippen molar-refractivity contribution >= 4 is 52.2 Å². The van der Waals surface area contributed by atoms with Crippen LogP contribution in [-0.2, 0) is 4.79 Å². The maximum Gasteiger partial charge on any atom is 0.214 e. The molecule has 1 rings (SSSR count). The van der Waals surface area contributed by atoms with E-state index in [0.717, 1.165) is 16.8 Å². The van der Waals surface area contributed by atoms with Gasteiger partial charge in [-0.1, -0.05) is 18.3 Å². The molecule has 0 amide bonds. The fourth-order valence-electron chi connectivity index (χ4n) is 1.37. The molecule has 1 heterocycles. The summed E-state index contributed by atoms with van der Waals surface area (Å²) in [6.07, 6.45) is 2.69. The minimum absolute atomic E-state index is 0.144. The van der Waals surface area contributed by atoms with Gasteiger partial charge in [0.1, 0.15) is 0 Å². The first-order valence-corrected chi connectivity index (χ1v) is 10.1. The third-order valence-corrected chi connectivity index (χ3v) is 7.60. The van der Waals surface area contributed by atoms with Crippen molar-refractivity contribution in [2.75, 3.05) is 28.1 Å². The number of thioether (sulfide) groups is 4. The molecule has 17 heavy (non-hydrogen) atoms. The van der Waals surface area contributed by atoms with Crippen molar-refractivity contribution in [3.8, 4) is 0 Å². The van der Waals surface area contributed by atoms with Crippen molar-refractivity contribution in [3.63, 3.8) is 0 Å². The molecule has 1 atom stereocenters. The Morgan fingerprint density at radius 2 is 2.24 bits per heavy atom. The molecule has 0 bridgehead atoms. The van der Waals surface area contributed by atoms with Gasteiger partial charge >= 0.3 is 0 Å². The fourth-order valence-corrected chi connectivity index (χ4v) is 6.16. The third kappa shape index (κ3) is 7.75. The Hall–Kier alpha value is 0.810. The SMILES string of the molecule is C=C(C)C(=O)SCCSCCCC1CSCS1. The van der Waals surface area contributed by atoms with E-state index in [2.05, 4.69) is 30.1 Å².